The van der Waals surface area contributed by atoms with Crippen LogP contribution in [-0.4, -0.2) is 32.3 Å². The van der Waals surface area contributed by atoms with Gasteiger partial charge in [-0.3, -0.25) is 4.79 Å². The Morgan fingerprint density at radius 1 is 1.15 bits per heavy atom. The van der Waals surface area contributed by atoms with Crippen molar-refractivity contribution < 1.29 is 23.7 Å². The summed E-state index contributed by atoms with van der Waals surface area (Å²) in [6, 6.07) is 12.0. The van der Waals surface area contributed by atoms with E-state index in [0.717, 1.165) is 0 Å². The van der Waals surface area contributed by atoms with Gasteiger partial charge in [0.2, 0.25) is 0 Å². The van der Waals surface area contributed by atoms with Crippen LogP contribution < -0.4 is 24.3 Å². The first-order valence-corrected chi connectivity index (χ1v) is 8.06. The van der Waals surface area contributed by atoms with Crippen LogP contribution in [0.2, 0.25) is 0 Å². The first-order chi connectivity index (χ1) is 12.6. The fourth-order valence-electron chi connectivity index (χ4n) is 2.44. The van der Waals surface area contributed by atoms with Gasteiger partial charge in [-0.1, -0.05) is 0 Å². The van der Waals surface area contributed by atoms with Crippen molar-refractivity contribution in [1.29, 1.82) is 5.26 Å². The number of carbonyl (C=O) groups excluding carboxylic acids is 1. The predicted octanol–water partition coefficient (Wildman–Crippen LogP) is 2.74. The highest BCUT2D eigenvalue weighted by atomic mass is 16.6. The summed E-state index contributed by atoms with van der Waals surface area (Å²) in [6.07, 6.45) is -0.773. The molecule has 1 aliphatic heterocycles. The Morgan fingerprint density at radius 3 is 2.65 bits per heavy atom. The number of benzene rings is 2. The van der Waals surface area contributed by atoms with Gasteiger partial charge in [0.25, 0.3) is 5.91 Å². The monoisotopic (exact) mass is 354 g/mol. The second-order valence-corrected chi connectivity index (χ2v) is 5.59. The zero-order valence-electron chi connectivity index (χ0n) is 14.4. The maximum Gasteiger partial charge on any atom is 0.265 e. The smallest absolute Gasteiger partial charge is 0.265 e. The van der Waals surface area contributed by atoms with Gasteiger partial charge in [0.1, 0.15) is 13.2 Å². The molecule has 2 aromatic carbocycles. The quantitative estimate of drug-likeness (QED) is 0.888. The van der Waals surface area contributed by atoms with Gasteiger partial charge in [-0.15, -0.1) is 0 Å². The van der Waals surface area contributed by atoms with Crippen LogP contribution in [-0.2, 0) is 4.79 Å². The molecule has 1 N–H and O–H groups in total. The lowest BCUT2D eigenvalue weighted by molar-refractivity contribution is -0.122. The number of ether oxygens (including phenoxy) is 4. The molecule has 1 atom stereocenters. The van der Waals surface area contributed by atoms with Crippen molar-refractivity contribution in [3.8, 4) is 29.1 Å². The number of nitriles is 1. The third-order valence-corrected chi connectivity index (χ3v) is 3.78. The molecule has 0 radical (unpaired) electrons. The maximum atomic E-state index is 12.4. The van der Waals surface area contributed by atoms with E-state index >= 15 is 0 Å². The van der Waals surface area contributed by atoms with E-state index < -0.39 is 6.10 Å². The summed E-state index contributed by atoms with van der Waals surface area (Å²) in [4.78, 5) is 12.4. The van der Waals surface area contributed by atoms with E-state index in [1.807, 2.05) is 6.07 Å². The highest BCUT2D eigenvalue weighted by molar-refractivity contribution is 5.94. The second kappa shape index (κ2) is 7.66. The number of rotatable bonds is 5. The molecule has 0 aromatic heterocycles. The first kappa shape index (κ1) is 17.4. The van der Waals surface area contributed by atoms with Gasteiger partial charge in [0.05, 0.1) is 18.7 Å². The molecular formula is C19H18N2O5. The molecule has 1 heterocycles. The van der Waals surface area contributed by atoms with E-state index in [0.29, 0.717) is 47.5 Å². The molecule has 0 unspecified atom stereocenters. The van der Waals surface area contributed by atoms with Crippen LogP contribution in [0.15, 0.2) is 36.4 Å². The van der Waals surface area contributed by atoms with Crippen molar-refractivity contribution in [3.63, 3.8) is 0 Å². The third-order valence-electron chi connectivity index (χ3n) is 3.78. The lowest BCUT2D eigenvalue weighted by atomic mass is 10.2. The van der Waals surface area contributed by atoms with Crippen molar-refractivity contribution >= 4 is 11.6 Å². The van der Waals surface area contributed by atoms with Gasteiger partial charge in [0.15, 0.2) is 29.1 Å². The summed E-state index contributed by atoms with van der Waals surface area (Å²) in [7, 11) is 1.48. The Labute approximate surface area is 151 Å². The normalized spacial score (nSPS) is 13.3. The highest BCUT2D eigenvalue weighted by Gasteiger charge is 2.19. The van der Waals surface area contributed by atoms with Crippen LogP contribution in [0.3, 0.4) is 0 Å². The highest BCUT2D eigenvalue weighted by Crippen LogP contribution is 2.33. The average molecular weight is 354 g/mol. The predicted molar refractivity (Wildman–Crippen MR) is 93.9 cm³/mol. The Hall–Kier alpha value is -3.40. The minimum absolute atomic E-state index is 0.326. The van der Waals surface area contributed by atoms with Crippen LogP contribution in [0, 0.1) is 11.3 Å². The summed E-state index contributed by atoms with van der Waals surface area (Å²) in [5, 5.41) is 11.7. The molecule has 0 saturated carbocycles. The van der Waals surface area contributed by atoms with E-state index in [4.69, 9.17) is 24.2 Å². The fraction of sp³-hybridized carbons (Fsp3) is 0.263. The number of fused-ring (bicyclic) bond motifs is 1. The number of amides is 1. The number of nitrogens with one attached hydrogen (secondary N) is 1. The molecule has 1 aliphatic rings. The minimum Gasteiger partial charge on any atom is -0.493 e. The molecule has 0 aliphatic carbocycles. The van der Waals surface area contributed by atoms with Gasteiger partial charge >= 0.3 is 0 Å². The molecule has 2 aromatic rings. The molecule has 7 heteroatoms. The number of carbonyl (C=O) groups is 1. The van der Waals surface area contributed by atoms with E-state index in [1.54, 1.807) is 43.3 Å². The topological polar surface area (TPSA) is 89.8 Å². The summed E-state index contributed by atoms with van der Waals surface area (Å²) >= 11 is 0. The van der Waals surface area contributed by atoms with E-state index in [9.17, 15) is 4.79 Å². The summed E-state index contributed by atoms with van der Waals surface area (Å²) in [5.41, 5.74) is 1.03. The number of hydrogen-bond donors (Lipinski definition) is 1. The van der Waals surface area contributed by atoms with Crippen molar-refractivity contribution in [1.82, 2.24) is 0 Å². The Bertz CT molecular complexity index is 859. The van der Waals surface area contributed by atoms with Gasteiger partial charge in [-0.25, -0.2) is 0 Å². The van der Waals surface area contributed by atoms with E-state index in [1.165, 1.54) is 7.11 Å². The lowest BCUT2D eigenvalue weighted by Gasteiger charge is -2.20. The van der Waals surface area contributed by atoms with E-state index in [-0.39, 0.29) is 5.91 Å². The van der Waals surface area contributed by atoms with Crippen molar-refractivity contribution in [2.24, 2.45) is 0 Å². The molecule has 3 rings (SSSR count). The van der Waals surface area contributed by atoms with Crippen LogP contribution in [0.1, 0.15) is 12.5 Å². The van der Waals surface area contributed by atoms with Gasteiger partial charge in [-0.2, -0.15) is 5.26 Å². The van der Waals surface area contributed by atoms with Crippen LogP contribution in [0.5, 0.6) is 23.0 Å². The number of methoxy groups -OCH3 is 1. The number of anilines is 1. The van der Waals surface area contributed by atoms with Crippen LogP contribution >= 0.6 is 0 Å². The minimum atomic E-state index is -0.773. The first-order valence-electron chi connectivity index (χ1n) is 8.06. The molecule has 26 heavy (non-hydrogen) atoms. The number of nitrogens with zero attached hydrogens (tertiary/aromatic N) is 1. The van der Waals surface area contributed by atoms with Crippen LogP contribution in [0.4, 0.5) is 5.69 Å². The Kier molecular flexibility index (Phi) is 5.13. The Morgan fingerprint density at radius 2 is 1.92 bits per heavy atom. The molecule has 134 valence electrons. The molecule has 0 saturated heterocycles. The second-order valence-electron chi connectivity index (χ2n) is 5.59. The standard InChI is InChI=1S/C19H18N2O5/c1-12(26-16-5-3-13(11-20)9-17(16)23-2)19(22)21-14-4-6-15-18(10-14)25-8-7-24-15/h3-6,9-10,12H,7-8H2,1-2H3,(H,21,22)/t12-/m1/s1. The fourth-order valence-corrected chi connectivity index (χ4v) is 2.44. The zero-order valence-corrected chi connectivity index (χ0v) is 14.4. The van der Waals surface area contributed by atoms with Crippen LogP contribution in [0.25, 0.3) is 0 Å². The molecule has 0 spiro atoms. The third kappa shape index (κ3) is 3.81. The zero-order chi connectivity index (χ0) is 18.5. The van der Waals surface area contributed by atoms with Crippen molar-refractivity contribution in [3.05, 3.63) is 42.0 Å². The Balaban J connectivity index is 1.68. The van der Waals surface area contributed by atoms with Crippen molar-refractivity contribution in [2.45, 2.75) is 13.0 Å². The maximum absolute atomic E-state index is 12.4. The van der Waals surface area contributed by atoms with Gasteiger partial charge < -0.3 is 24.3 Å². The van der Waals surface area contributed by atoms with Crippen molar-refractivity contribution in [2.75, 3.05) is 25.6 Å². The lowest BCUT2D eigenvalue weighted by Crippen LogP contribution is -2.30. The molecular weight excluding hydrogens is 336 g/mol. The molecule has 0 bridgehead atoms. The largest absolute Gasteiger partial charge is 0.493 e. The van der Waals surface area contributed by atoms with Gasteiger partial charge in [-0.05, 0) is 31.2 Å². The molecule has 1 amide bonds. The van der Waals surface area contributed by atoms with E-state index in [2.05, 4.69) is 5.32 Å². The van der Waals surface area contributed by atoms with Gasteiger partial charge in [0, 0.05) is 17.8 Å². The SMILES string of the molecule is COc1cc(C#N)ccc1O[C@H](C)C(=O)Nc1ccc2c(c1)OCCO2. The molecule has 0 fully saturated rings. The summed E-state index contributed by atoms with van der Waals surface area (Å²) in [5.74, 6) is 1.70. The molecule has 7 nitrogen and oxygen atoms in total. The summed E-state index contributed by atoms with van der Waals surface area (Å²) in [6.45, 7) is 2.61. The number of hydrogen-bond acceptors (Lipinski definition) is 6. The summed E-state index contributed by atoms with van der Waals surface area (Å²) < 4.78 is 21.8. The average Bonchev–Trinajstić information content (AvgIpc) is 2.68.